The largest absolute Gasteiger partial charge is 1.00 e. The van der Waals surface area contributed by atoms with Gasteiger partial charge in [-0.05, 0) is 6.10 Å². The molecule has 8 heavy (non-hydrogen) atoms. The van der Waals surface area contributed by atoms with E-state index < -0.39 is 5.95 Å². The van der Waals surface area contributed by atoms with Gasteiger partial charge in [0.1, 0.15) is 0 Å². The molecule has 0 unspecified atom stereocenters. The molecule has 0 saturated heterocycles. The molecule has 0 radical (unpaired) electrons. The molecule has 0 fully saturated rings. The molecule has 2 nitrogen and oxygen atoms in total. The maximum absolute atomic E-state index is 9.92. The molecule has 0 N–H and O–H groups in total. The molecule has 0 aliphatic carbocycles. The van der Waals surface area contributed by atoms with Gasteiger partial charge in [-0.2, -0.15) is 0 Å². The fourth-order valence-corrected chi connectivity index (χ4v) is 0.263. The monoisotopic (exact) mass is 124 g/mol. The third kappa shape index (κ3) is 9.60. The number of rotatable bonds is 2. The zero-order chi connectivity index (χ0) is 5.86. The van der Waals surface area contributed by atoms with E-state index in [2.05, 4.69) is 11.3 Å². The fourth-order valence-electron chi connectivity index (χ4n) is 0.263. The average Bonchev–Trinajstić information content (AvgIpc) is 1.27. The Morgan fingerprint density at radius 2 is 2.00 bits per heavy atom. The summed E-state index contributed by atoms with van der Waals surface area (Å²) in [6, 6.07) is 0. The van der Waals surface area contributed by atoms with Crippen LogP contribution < -0.4 is 34.7 Å². The first kappa shape index (κ1) is 11.2. The van der Waals surface area contributed by atoms with Crippen molar-refractivity contribution in [1.82, 2.24) is 0 Å². The van der Waals surface area contributed by atoms with E-state index in [1.165, 1.54) is 0 Å². The second-order valence-corrected chi connectivity index (χ2v) is 1.54. The molecule has 0 aromatic carbocycles. The van der Waals surface area contributed by atoms with Crippen LogP contribution in [0.2, 0.25) is 0 Å². The van der Waals surface area contributed by atoms with Crippen LogP contribution in [0, 0.1) is 0 Å². The second-order valence-electron chi connectivity index (χ2n) is 1.54. The van der Waals surface area contributed by atoms with Crippen molar-refractivity contribution in [1.29, 1.82) is 0 Å². The summed E-state index contributed by atoms with van der Waals surface area (Å²) in [6.45, 7) is 6.58. The fraction of sp³-hybridized carbons (Fsp3) is 0.600. The van der Waals surface area contributed by atoms with E-state index in [-0.39, 0.29) is 35.7 Å². The predicted octanol–water partition coefficient (Wildman–Crippen LogP) is -2.75. The summed E-state index contributed by atoms with van der Waals surface area (Å²) in [6.07, 6.45) is -0.0370. The van der Waals surface area contributed by atoms with Gasteiger partial charge in [-0.15, -0.1) is 0 Å². The average molecular weight is 124 g/mol. The minimum atomic E-state index is -0.463. The summed E-state index contributed by atoms with van der Waals surface area (Å²) in [5.41, 5.74) is 0. The molecule has 0 bridgehead atoms. The number of ether oxygens (including phenoxy) is 1. The first-order valence-corrected chi connectivity index (χ1v) is 2.15. The van der Waals surface area contributed by atoms with Gasteiger partial charge in [-0.1, -0.05) is 20.4 Å². The molecule has 0 atom stereocenters. The van der Waals surface area contributed by atoms with Crippen molar-refractivity contribution in [3.63, 3.8) is 0 Å². The number of hydrogen-bond acceptors (Lipinski definition) is 2. The maximum atomic E-state index is 9.92. The van der Waals surface area contributed by atoms with E-state index in [4.69, 9.17) is 0 Å². The summed E-state index contributed by atoms with van der Waals surface area (Å²) in [7, 11) is 0. The second kappa shape index (κ2) is 5.48. The van der Waals surface area contributed by atoms with E-state index in [0.717, 1.165) is 0 Å². The Balaban J connectivity index is 0. The Morgan fingerprint density at radius 1 is 1.62 bits per heavy atom. The zero-order valence-corrected chi connectivity index (χ0v) is 7.60. The van der Waals surface area contributed by atoms with Crippen molar-refractivity contribution in [3.05, 3.63) is 12.5 Å². The van der Waals surface area contributed by atoms with Crippen molar-refractivity contribution in [2.24, 2.45) is 0 Å². The molecule has 0 saturated carbocycles. The Labute approximate surface area is 71.8 Å². The van der Waals surface area contributed by atoms with E-state index in [1.54, 1.807) is 13.8 Å². The van der Waals surface area contributed by atoms with Crippen molar-refractivity contribution < 1.29 is 39.4 Å². The van der Waals surface area contributed by atoms with Crippen molar-refractivity contribution in [2.45, 2.75) is 20.0 Å². The van der Waals surface area contributed by atoms with Gasteiger partial charge < -0.3 is 9.84 Å². The van der Waals surface area contributed by atoms with Crippen LogP contribution in [0.15, 0.2) is 12.5 Å². The van der Waals surface area contributed by atoms with Gasteiger partial charge in [0, 0.05) is 5.95 Å². The number of hydrogen-bond donors (Lipinski definition) is 0. The van der Waals surface area contributed by atoms with E-state index in [1.807, 2.05) is 0 Å². The Bertz CT molecular complexity index is 70.8. The Kier molecular flexibility index (Phi) is 7.65. The van der Waals surface area contributed by atoms with Gasteiger partial charge in [0.15, 0.2) is 0 Å². The van der Waals surface area contributed by atoms with Gasteiger partial charge in [0.05, 0.1) is 0 Å². The molecular formula is C5H9NaO2. The summed E-state index contributed by atoms with van der Waals surface area (Å²) >= 11 is 0. The molecule has 0 aromatic heterocycles. The molecule has 0 aliphatic heterocycles. The van der Waals surface area contributed by atoms with Crippen LogP contribution in [-0.2, 0) is 4.74 Å². The third-order valence-corrected chi connectivity index (χ3v) is 0.367. The van der Waals surface area contributed by atoms with Gasteiger partial charge in [0.2, 0.25) is 0 Å². The topological polar surface area (TPSA) is 32.3 Å². The molecule has 0 aliphatic rings. The molecule has 0 aromatic rings. The standard InChI is InChI=1S/C5H10O2.Na/c1-4(2)7-5(3)6;/h4,6H,3H2,1-2H3;/q;+1/p-1. The third-order valence-electron chi connectivity index (χ3n) is 0.367. The van der Waals surface area contributed by atoms with Gasteiger partial charge in [-0.25, -0.2) is 0 Å². The van der Waals surface area contributed by atoms with E-state index >= 15 is 0 Å². The van der Waals surface area contributed by atoms with Crippen LogP contribution in [0.1, 0.15) is 13.8 Å². The quantitative estimate of drug-likeness (QED) is 0.295. The van der Waals surface area contributed by atoms with Crippen molar-refractivity contribution in [3.8, 4) is 0 Å². The van der Waals surface area contributed by atoms with Crippen LogP contribution in [0.5, 0.6) is 0 Å². The SMILES string of the molecule is C=C([O-])OC(C)C.[Na+]. The summed E-state index contributed by atoms with van der Waals surface area (Å²) < 4.78 is 4.50. The molecule has 0 amide bonds. The van der Waals surface area contributed by atoms with Crippen LogP contribution in [0.4, 0.5) is 0 Å². The smallest absolute Gasteiger partial charge is 0.611 e. The molecule has 0 heterocycles. The van der Waals surface area contributed by atoms with E-state index in [9.17, 15) is 5.11 Å². The van der Waals surface area contributed by atoms with Crippen LogP contribution in [-0.4, -0.2) is 6.10 Å². The van der Waals surface area contributed by atoms with Crippen LogP contribution >= 0.6 is 0 Å². The maximum Gasteiger partial charge on any atom is 1.00 e. The normalized spacial score (nSPS) is 7.88. The Hall–Kier alpha value is 0.340. The molecule has 0 spiro atoms. The summed E-state index contributed by atoms with van der Waals surface area (Å²) in [5, 5.41) is 9.92. The molecule has 0 rings (SSSR count). The van der Waals surface area contributed by atoms with Gasteiger partial charge >= 0.3 is 29.6 Å². The van der Waals surface area contributed by atoms with Gasteiger partial charge in [-0.3, -0.25) is 0 Å². The summed E-state index contributed by atoms with van der Waals surface area (Å²) in [5.74, 6) is -0.463. The van der Waals surface area contributed by atoms with Crippen molar-refractivity contribution in [2.75, 3.05) is 0 Å². The van der Waals surface area contributed by atoms with Crippen LogP contribution in [0.3, 0.4) is 0 Å². The predicted molar refractivity (Wildman–Crippen MR) is 25.4 cm³/mol. The van der Waals surface area contributed by atoms with Crippen LogP contribution in [0.25, 0.3) is 0 Å². The summed E-state index contributed by atoms with van der Waals surface area (Å²) in [4.78, 5) is 0. The van der Waals surface area contributed by atoms with Gasteiger partial charge in [0.25, 0.3) is 0 Å². The first-order chi connectivity index (χ1) is 3.13. The van der Waals surface area contributed by atoms with Crippen molar-refractivity contribution >= 4 is 0 Å². The first-order valence-electron chi connectivity index (χ1n) is 2.15. The minimum Gasteiger partial charge on any atom is -0.611 e. The molecule has 3 heteroatoms. The zero-order valence-electron chi connectivity index (χ0n) is 5.60. The molecular weight excluding hydrogens is 115 g/mol. The molecule has 42 valence electrons. The van der Waals surface area contributed by atoms with E-state index in [0.29, 0.717) is 0 Å². The minimum absolute atomic E-state index is 0. The Morgan fingerprint density at radius 3 is 2.00 bits per heavy atom.